The van der Waals surface area contributed by atoms with Crippen molar-refractivity contribution < 1.29 is 0 Å². The quantitative estimate of drug-likeness (QED) is 0.612. The Morgan fingerprint density at radius 1 is 0.600 bits per heavy atom. The molecule has 0 fully saturated rings. The first-order chi connectivity index (χ1) is 4.73. The predicted molar refractivity (Wildman–Crippen MR) is 58.0 cm³/mol. The van der Waals surface area contributed by atoms with Gasteiger partial charge in [-0.05, 0) is 0 Å². The zero-order valence-electron chi connectivity index (χ0n) is 4.98. The molecule has 10 heavy (non-hydrogen) atoms. The third kappa shape index (κ3) is 11.6. The van der Waals surface area contributed by atoms with Crippen molar-refractivity contribution in [3.63, 3.8) is 0 Å². The van der Waals surface area contributed by atoms with Crippen molar-refractivity contribution in [1.82, 2.24) is 0 Å². The molecule has 0 aliphatic heterocycles. The molecule has 0 heterocycles. The van der Waals surface area contributed by atoms with Gasteiger partial charge in [0.15, 0.2) is 0 Å². The summed E-state index contributed by atoms with van der Waals surface area (Å²) in [6.07, 6.45) is 0. The monoisotopic (exact) mass is 310 g/mol. The van der Waals surface area contributed by atoms with Crippen LogP contribution in [-0.2, 0) is 0 Å². The van der Waals surface area contributed by atoms with Gasteiger partial charge in [0.25, 0.3) is 0 Å². The number of rotatable bonds is 0. The third-order valence-electron chi connectivity index (χ3n) is 0.667. The maximum absolute atomic E-state index is 4.96. The molecule has 0 aromatic heterocycles. The van der Waals surface area contributed by atoms with Crippen LogP contribution in [0.15, 0.2) is 36.4 Å². The molecule has 1 aromatic rings. The van der Waals surface area contributed by atoms with Crippen LogP contribution in [0.25, 0.3) is 0 Å². The second kappa shape index (κ2) is 7.92. The molecule has 0 radical (unpaired) electrons. The van der Waals surface area contributed by atoms with Crippen molar-refractivity contribution in [3.05, 3.63) is 36.4 Å². The van der Waals surface area contributed by atoms with Crippen molar-refractivity contribution in [2.24, 2.45) is 0 Å². The molecule has 0 aliphatic carbocycles. The average molecular weight is 311 g/mol. The summed E-state index contributed by atoms with van der Waals surface area (Å²) in [6, 6.07) is 12.0. The molecular weight excluding hydrogens is 305 g/mol. The second-order valence-electron chi connectivity index (χ2n) is 1.32. The van der Waals surface area contributed by atoms with Gasteiger partial charge in [-0.2, -0.15) is 0 Å². The fourth-order valence-electron chi connectivity index (χ4n) is 0.385. The third-order valence-corrected chi connectivity index (χ3v) is 0.667. The van der Waals surface area contributed by atoms with E-state index in [9.17, 15) is 0 Å². The zero-order chi connectivity index (χ0) is 7.82. The van der Waals surface area contributed by atoms with E-state index in [2.05, 4.69) is 0 Å². The minimum atomic E-state index is -1.85. The summed E-state index contributed by atoms with van der Waals surface area (Å²) in [5.74, 6) is 0. The first-order valence-electron chi connectivity index (χ1n) is 2.43. The van der Waals surface area contributed by atoms with Crippen LogP contribution in [0.2, 0.25) is 0 Å². The fraction of sp³-hybridized carbons (Fsp3) is 0. The molecule has 0 N–H and O–H groups in total. The Morgan fingerprint density at radius 3 is 0.800 bits per heavy atom. The molecule has 0 unspecified atom stereocenters. The smallest absolute Gasteiger partial charge is 0.0623 e. The normalized spacial score (nSPS) is 9.30. The Balaban J connectivity index is 0.000000180. The summed E-state index contributed by atoms with van der Waals surface area (Å²) in [5, 5.41) is 0. The number of hydrogen-bond acceptors (Lipinski definition) is 0. The van der Waals surface area contributed by atoms with Crippen LogP contribution >= 0.6 is 43.2 Å². The molecule has 0 spiro atoms. The Morgan fingerprint density at radius 2 is 0.700 bits per heavy atom. The SMILES string of the molecule is ClI(Cl)Cl.c1ccccc1. The summed E-state index contributed by atoms with van der Waals surface area (Å²) in [6.45, 7) is 0. The van der Waals surface area contributed by atoms with Gasteiger partial charge in [-0.1, -0.05) is 36.4 Å². The van der Waals surface area contributed by atoms with E-state index in [1.165, 1.54) is 0 Å². The van der Waals surface area contributed by atoms with Gasteiger partial charge < -0.3 is 0 Å². The summed E-state index contributed by atoms with van der Waals surface area (Å²) < 4.78 is 0. The molecule has 4 heteroatoms. The number of hydrogen-bond donors (Lipinski definition) is 0. The van der Waals surface area contributed by atoms with Crippen molar-refractivity contribution in [2.45, 2.75) is 0 Å². The second-order valence-corrected chi connectivity index (χ2v) is 10.9. The zero-order valence-corrected chi connectivity index (χ0v) is 9.40. The summed E-state index contributed by atoms with van der Waals surface area (Å²) in [5.41, 5.74) is 0. The van der Waals surface area contributed by atoms with E-state index in [1.54, 1.807) is 0 Å². The van der Waals surface area contributed by atoms with Crippen LogP contribution in [-0.4, -0.2) is 0 Å². The molecular formula is C6H6Cl3I. The molecule has 58 valence electrons. The van der Waals surface area contributed by atoms with E-state index >= 15 is 0 Å². The molecule has 0 atom stereocenters. The van der Waals surface area contributed by atoms with Gasteiger partial charge in [-0.15, -0.1) is 0 Å². The van der Waals surface area contributed by atoms with Gasteiger partial charge in [0.1, 0.15) is 0 Å². The van der Waals surface area contributed by atoms with Crippen LogP contribution in [0.4, 0.5) is 0 Å². The standard InChI is InChI=1S/C6H6.Cl3I/c1-2-4-6-5-3-1;1-4(2)3/h1-6H;. The van der Waals surface area contributed by atoms with E-state index in [0.29, 0.717) is 0 Å². The van der Waals surface area contributed by atoms with Crippen molar-refractivity contribution in [3.8, 4) is 0 Å². The van der Waals surface area contributed by atoms with Crippen LogP contribution in [0.5, 0.6) is 0 Å². The Kier molecular flexibility index (Phi) is 8.57. The van der Waals surface area contributed by atoms with Crippen LogP contribution in [0.1, 0.15) is 0 Å². The topological polar surface area (TPSA) is 0 Å². The first-order valence-corrected chi connectivity index (χ1v) is 10.6. The minimum Gasteiger partial charge on any atom is -0.0623 e. The number of halogens is 4. The van der Waals surface area contributed by atoms with E-state index in [1.807, 2.05) is 36.4 Å². The van der Waals surface area contributed by atoms with Crippen LogP contribution in [0, 0.1) is 0 Å². The largest absolute Gasteiger partial charge is 0.0623 e. The average Bonchev–Trinajstić information content (AvgIpc) is 1.90. The van der Waals surface area contributed by atoms with Gasteiger partial charge >= 0.3 is 43.2 Å². The van der Waals surface area contributed by atoms with Crippen LogP contribution < -0.4 is 0 Å². The molecule has 1 rings (SSSR count). The molecule has 0 saturated carbocycles. The Bertz CT molecular complexity index is 113. The maximum Gasteiger partial charge on any atom is -0.0623 e. The summed E-state index contributed by atoms with van der Waals surface area (Å²) in [7, 11) is 14.9. The first kappa shape index (κ1) is 10.8. The van der Waals surface area contributed by atoms with Gasteiger partial charge in [0.05, 0.1) is 0 Å². The number of benzene rings is 1. The predicted octanol–water partition coefficient (Wildman–Crippen LogP) is 4.64. The van der Waals surface area contributed by atoms with E-state index < -0.39 is 16.4 Å². The van der Waals surface area contributed by atoms with Gasteiger partial charge in [0, 0.05) is 0 Å². The maximum atomic E-state index is 4.96. The van der Waals surface area contributed by atoms with Crippen LogP contribution in [0.3, 0.4) is 0 Å². The molecule has 1 aromatic carbocycles. The van der Waals surface area contributed by atoms with Gasteiger partial charge in [-0.25, -0.2) is 0 Å². The molecule has 0 saturated heterocycles. The molecule has 0 bridgehead atoms. The fourth-order valence-corrected chi connectivity index (χ4v) is 0.385. The van der Waals surface area contributed by atoms with E-state index in [-0.39, 0.29) is 0 Å². The Labute approximate surface area is 79.0 Å². The Hall–Kier alpha value is 0.820. The van der Waals surface area contributed by atoms with E-state index in [4.69, 9.17) is 26.7 Å². The van der Waals surface area contributed by atoms with Gasteiger partial charge in [0.2, 0.25) is 0 Å². The van der Waals surface area contributed by atoms with Crippen molar-refractivity contribution in [2.75, 3.05) is 0 Å². The minimum absolute atomic E-state index is 1.85. The molecule has 0 aliphatic rings. The van der Waals surface area contributed by atoms with E-state index in [0.717, 1.165) is 0 Å². The van der Waals surface area contributed by atoms with Crippen molar-refractivity contribution in [1.29, 1.82) is 0 Å². The molecule has 0 amide bonds. The van der Waals surface area contributed by atoms with Crippen molar-refractivity contribution >= 4 is 43.2 Å². The summed E-state index contributed by atoms with van der Waals surface area (Å²) >= 11 is -1.85. The van der Waals surface area contributed by atoms with Gasteiger partial charge in [-0.3, -0.25) is 0 Å². The molecule has 0 nitrogen and oxygen atoms in total. The summed E-state index contributed by atoms with van der Waals surface area (Å²) in [4.78, 5) is 0.